The fourth-order valence-corrected chi connectivity index (χ4v) is 0.639. The van der Waals surface area contributed by atoms with Gasteiger partial charge in [-0.15, -0.1) is 0 Å². The highest BCUT2D eigenvalue weighted by atomic mass is 16.6. The number of carbonyl (C=O) groups is 3. The standard InChI is InChI=1S/C8H14O2.C7H8O4/c1-6(2)5-10-8(9)7(3)4;1-4-6(8)11-7(9)5(2)10-3/h6H,3,5H2,1-2,4H3;4H,1-2H2,3H3. The molecule has 0 unspecified atom stereocenters. The third kappa shape index (κ3) is 12.4. The number of ether oxygens (including phenoxy) is 3. The molecule has 0 aromatic heterocycles. The highest BCUT2D eigenvalue weighted by molar-refractivity contribution is 5.97. The van der Waals surface area contributed by atoms with Gasteiger partial charge in [0.2, 0.25) is 0 Å². The first kappa shape index (κ1) is 20.9. The van der Waals surface area contributed by atoms with E-state index in [-0.39, 0.29) is 11.7 Å². The van der Waals surface area contributed by atoms with Crippen molar-refractivity contribution in [1.82, 2.24) is 0 Å². The summed E-state index contributed by atoms with van der Waals surface area (Å²) in [6.07, 6.45) is 0.876. The lowest BCUT2D eigenvalue weighted by atomic mass is 10.2. The lowest BCUT2D eigenvalue weighted by Gasteiger charge is -2.05. The van der Waals surface area contributed by atoms with Crippen molar-refractivity contribution in [3.63, 3.8) is 0 Å². The molecule has 0 aromatic rings. The number of hydrogen-bond donors (Lipinski definition) is 0. The van der Waals surface area contributed by atoms with Gasteiger partial charge in [-0.05, 0) is 19.4 Å². The Morgan fingerprint density at radius 1 is 1.14 bits per heavy atom. The Morgan fingerprint density at radius 3 is 2.00 bits per heavy atom. The van der Waals surface area contributed by atoms with Gasteiger partial charge < -0.3 is 14.2 Å². The maximum Gasteiger partial charge on any atom is 0.380 e. The van der Waals surface area contributed by atoms with Crippen LogP contribution < -0.4 is 0 Å². The molecule has 0 aliphatic carbocycles. The van der Waals surface area contributed by atoms with Crippen molar-refractivity contribution in [2.24, 2.45) is 5.92 Å². The quantitative estimate of drug-likeness (QED) is 0.323. The van der Waals surface area contributed by atoms with Gasteiger partial charge in [0, 0.05) is 11.6 Å². The van der Waals surface area contributed by atoms with Crippen LogP contribution in [-0.2, 0) is 28.6 Å². The molecule has 21 heavy (non-hydrogen) atoms. The van der Waals surface area contributed by atoms with E-state index in [2.05, 4.69) is 29.2 Å². The van der Waals surface area contributed by atoms with Gasteiger partial charge in [0.15, 0.2) is 5.76 Å². The maximum atomic E-state index is 10.7. The number of esters is 3. The summed E-state index contributed by atoms with van der Waals surface area (Å²) in [6.45, 7) is 15.8. The van der Waals surface area contributed by atoms with E-state index in [0.29, 0.717) is 18.1 Å². The average molecular weight is 298 g/mol. The molecule has 0 heterocycles. The molecule has 0 fully saturated rings. The average Bonchev–Trinajstić information content (AvgIpc) is 2.43. The van der Waals surface area contributed by atoms with Gasteiger partial charge in [0.25, 0.3) is 0 Å². The topological polar surface area (TPSA) is 78.9 Å². The van der Waals surface area contributed by atoms with Crippen LogP contribution in [0.3, 0.4) is 0 Å². The number of methoxy groups -OCH3 is 1. The second-order valence-electron chi connectivity index (χ2n) is 4.31. The molecule has 0 amide bonds. The van der Waals surface area contributed by atoms with Gasteiger partial charge in [0.05, 0.1) is 13.7 Å². The molecular weight excluding hydrogens is 276 g/mol. The summed E-state index contributed by atoms with van der Waals surface area (Å²) in [6, 6.07) is 0. The molecule has 0 aliphatic heterocycles. The van der Waals surface area contributed by atoms with Crippen LogP contribution in [0.4, 0.5) is 0 Å². The van der Waals surface area contributed by atoms with Crippen molar-refractivity contribution < 1.29 is 28.6 Å². The molecular formula is C15H22O6. The first-order valence-electron chi connectivity index (χ1n) is 6.09. The van der Waals surface area contributed by atoms with Crippen LogP contribution in [0.2, 0.25) is 0 Å². The summed E-state index contributed by atoms with van der Waals surface area (Å²) < 4.78 is 13.4. The van der Waals surface area contributed by atoms with Crippen molar-refractivity contribution in [2.45, 2.75) is 20.8 Å². The zero-order chi connectivity index (χ0) is 17.0. The maximum absolute atomic E-state index is 10.7. The summed E-state index contributed by atoms with van der Waals surface area (Å²) in [5.74, 6) is -1.86. The molecule has 0 N–H and O–H groups in total. The fraction of sp³-hybridized carbons (Fsp3) is 0.400. The third-order valence-corrected chi connectivity index (χ3v) is 1.73. The SMILES string of the molecule is C=C(C)C(=O)OCC(C)C.C=CC(=O)OC(=O)C(=C)OC. The van der Waals surface area contributed by atoms with Crippen molar-refractivity contribution in [1.29, 1.82) is 0 Å². The molecule has 6 nitrogen and oxygen atoms in total. The highest BCUT2D eigenvalue weighted by Crippen LogP contribution is 1.97. The number of rotatable bonds is 6. The van der Waals surface area contributed by atoms with Crippen molar-refractivity contribution in [2.75, 3.05) is 13.7 Å². The Kier molecular flexibility index (Phi) is 11.4. The molecule has 0 saturated carbocycles. The van der Waals surface area contributed by atoms with E-state index in [1.165, 1.54) is 7.11 Å². The van der Waals surface area contributed by atoms with Crippen LogP contribution in [0, 0.1) is 5.92 Å². The Balaban J connectivity index is 0. The molecule has 118 valence electrons. The monoisotopic (exact) mass is 298 g/mol. The zero-order valence-corrected chi connectivity index (χ0v) is 12.9. The van der Waals surface area contributed by atoms with Gasteiger partial charge in [-0.25, -0.2) is 14.4 Å². The van der Waals surface area contributed by atoms with E-state index in [1.54, 1.807) is 6.92 Å². The minimum Gasteiger partial charge on any atom is -0.490 e. The van der Waals surface area contributed by atoms with Gasteiger partial charge in [-0.3, -0.25) is 0 Å². The van der Waals surface area contributed by atoms with Crippen molar-refractivity contribution in [3.8, 4) is 0 Å². The second-order valence-corrected chi connectivity index (χ2v) is 4.31. The number of hydrogen-bond acceptors (Lipinski definition) is 6. The van der Waals surface area contributed by atoms with Crippen LogP contribution in [0.1, 0.15) is 20.8 Å². The van der Waals surface area contributed by atoms with Crippen LogP contribution in [-0.4, -0.2) is 31.6 Å². The van der Waals surface area contributed by atoms with E-state index in [9.17, 15) is 14.4 Å². The Hall–Kier alpha value is -2.37. The van der Waals surface area contributed by atoms with E-state index in [4.69, 9.17) is 4.74 Å². The minimum atomic E-state index is -0.905. The van der Waals surface area contributed by atoms with Crippen LogP contribution in [0.15, 0.2) is 37.1 Å². The number of carbonyl (C=O) groups excluding carboxylic acids is 3. The molecule has 0 atom stereocenters. The highest BCUT2D eigenvalue weighted by Gasteiger charge is 2.11. The van der Waals surface area contributed by atoms with Crippen LogP contribution >= 0.6 is 0 Å². The summed E-state index contributed by atoms with van der Waals surface area (Å²) >= 11 is 0. The van der Waals surface area contributed by atoms with Gasteiger partial charge in [-0.2, -0.15) is 0 Å². The molecule has 0 aromatic carbocycles. The lowest BCUT2D eigenvalue weighted by molar-refractivity contribution is -0.155. The molecule has 0 bridgehead atoms. The smallest absolute Gasteiger partial charge is 0.380 e. The Morgan fingerprint density at radius 2 is 1.67 bits per heavy atom. The lowest BCUT2D eigenvalue weighted by Crippen LogP contribution is -2.12. The molecule has 0 rings (SSSR count). The third-order valence-electron chi connectivity index (χ3n) is 1.73. The van der Waals surface area contributed by atoms with Gasteiger partial charge in [-0.1, -0.05) is 27.0 Å². The molecule has 6 heteroatoms. The minimum absolute atomic E-state index is 0.222. The largest absolute Gasteiger partial charge is 0.490 e. The van der Waals surface area contributed by atoms with E-state index >= 15 is 0 Å². The Labute approximate surface area is 125 Å². The van der Waals surface area contributed by atoms with Crippen molar-refractivity contribution >= 4 is 17.9 Å². The summed E-state index contributed by atoms with van der Waals surface area (Å²) in [5, 5.41) is 0. The first-order chi connectivity index (χ1) is 9.65. The zero-order valence-electron chi connectivity index (χ0n) is 12.9. The summed E-state index contributed by atoms with van der Waals surface area (Å²) in [7, 11) is 1.25. The van der Waals surface area contributed by atoms with Gasteiger partial charge >= 0.3 is 17.9 Å². The normalized spacial score (nSPS) is 8.81. The van der Waals surface area contributed by atoms with Crippen molar-refractivity contribution in [3.05, 3.63) is 37.1 Å². The molecule has 0 spiro atoms. The van der Waals surface area contributed by atoms with Crippen LogP contribution in [0.5, 0.6) is 0 Å². The molecule has 0 saturated heterocycles. The van der Waals surface area contributed by atoms with E-state index in [0.717, 1.165) is 6.08 Å². The fourth-order valence-electron chi connectivity index (χ4n) is 0.639. The van der Waals surface area contributed by atoms with E-state index in [1.807, 2.05) is 13.8 Å². The first-order valence-corrected chi connectivity index (χ1v) is 6.09. The van der Waals surface area contributed by atoms with Gasteiger partial charge in [0.1, 0.15) is 0 Å². The summed E-state index contributed by atoms with van der Waals surface area (Å²) in [4.78, 5) is 31.7. The molecule has 0 aliphatic rings. The predicted octanol–water partition coefficient (Wildman–Crippen LogP) is 2.16. The predicted molar refractivity (Wildman–Crippen MR) is 78.1 cm³/mol. The Bertz CT molecular complexity index is 420. The summed E-state index contributed by atoms with van der Waals surface area (Å²) in [5.41, 5.74) is 0.459. The molecule has 0 radical (unpaired) electrons. The second kappa shape index (κ2) is 11.5. The van der Waals surface area contributed by atoms with E-state index < -0.39 is 11.9 Å². The van der Waals surface area contributed by atoms with Crippen LogP contribution in [0.25, 0.3) is 0 Å².